The molecule has 1 aliphatic rings. The van der Waals surface area contributed by atoms with E-state index in [0.29, 0.717) is 31.3 Å². The van der Waals surface area contributed by atoms with Gasteiger partial charge in [-0.3, -0.25) is 4.90 Å². The lowest BCUT2D eigenvalue weighted by Gasteiger charge is -2.35. The van der Waals surface area contributed by atoms with E-state index in [-0.39, 0.29) is 12.1 Å². The zero-order valence-corrected chi connectivity index (χ0v) is 21.8. The second-order valence-corrected chi connectivity index (χ2v) is 9.30. The van der Waals surface area contributed by atoms with Gasteiger partial charge in [0.05, 0.1) is 24.8 Å². The zero-order chi connectivity index (χ0) is 25.8. The summed E-state index contributed by atoms with van der Waals surface area (Å²) >= 11 is 0. The van der Waals surface area contributed by atoms with Crippen LogP contribution in [0.2, 0.25) is 0 Å². The number of allylic oxidation sites excluding steroid dienone is 1. The highest BCUT2D eigenvalue weighted by Crippen LogP contribution is 2.38. The molecule has 36 heavy (non-hydrogen) atoms. The molecule has 190 valence electrons. The topological polar surface area (TPSA) is 89.7 Å². The molecule has 0 aliphatic carbocycles. The molecule has 0 saturated carbocycles. The number of aromatic nitrogens is 2. The Bertz CT molecular complexity index is 1250. The number of nitrogens with zero attached hydrogens (tertiary/aromatic N) is 3. The lowest BCUT2D eigenvalue weighted by atomic mass is 9.92. The van der Waals surface area contributed by atoms with Gasteiger partial charge in [0.1, 0.15) is 5.75 Å². The van der Waals surface area contributed by atoms with Crippen LogP contribution in [-0.4, -0.2) is 47.4 Å². The molecule has 1 unspecified atom stereocenters. The summed E-state index contributed by atoms with van der Waals surface area (Å²) < 4.78 is 16.7. The van der Waals surface area contributed by atoms with Crippen LogP contribution in [0, 0.1) is 13.8 Å². The molecule has 8 nitrogen and oxygen atoms in total. The van der Waals surface area contributed by atoms with Crippen LogP contribution in [0.1, 0.15) is 55.8 Å². The maximum absolute atomic E-state index is 13.2. The van der Waals surface area contributed by atoms with Crippen molar-refractivity contribution < 1.29 is 18.8 Å². The number of carbonyl (C=O) groups is 1. The quantitative estimate of drug-likeness (QED) is 0.389. The first kappa shape index (κ1) is 25.4. The number of nitrogens with one attached hydrogen (secondary N) is 1. The van der Waals surface area contributed by atoms with Crippen molar-refractivity contribution in [1.82, 2.24) is 20.4 Å². The third-order valence-corrected chi connectivity index (χ3v) is 6.44. The number of ether oxygens (including phenoxy) is 2. The van der Waals surface area contributed by atoms with Crippen LogP contribution in [0.5, 0.6) is 5.75 Å². The van der Waals surface area contributed by atoms with Gasteiger partial charge in [0.15, 0.2) is 0 Å². The Labute approximate surface area is 212 Å². The van der Waals surface area contributed by atoms with Crippen molar-refractivity contribution in [3.05, 3.63) is 70.7 Å². The molecule has 1 aliphatic heterocycles. The molecule has 1 atom stereocenters. The van der Waals surface area contributed by atoms with E-state index in [1.54, 1.807) is 12.0 Å². The van der Waals surface area contributed by atoms with Crippen LogP contribution in [0.3, 0.4) is 0 Å². The number of carbonyl (C=O) groups excluding carboxylic acids is 1. The van der Waals surface area contributed by atoms with Gasteiger partial charge in [0, 0.05) is 24.4 Å². The number of rotatable bonds is 9. The van der Waals surface area contributed by atoms with E-state index in [1.807, 2.05) is 51.1 Å². The summed E-state index contributed by atoms with van der Waals surface area (Å²) in [6, 6.07) is 13.1. The minimum atomic E-state index is -0.413. The fourth-order valence-corrected chi connectivity index (χ4v) is 4.25. The number of amides is 2. The van der Waals surface area contributed by atoms with E-state index in [4.69, 9.17) is 19.0 Å². The van der Waals surface area contributed by atoms with E-state index in [2.05, 4.69) is 36.5 Å². The van der Waals surface area contributed by atoms with Crippen LogP contribution in [0.25, 0.3) is 17.0 Å². The normalized spacial score (nSPS) is 16.0. The monoisotopic (exact) mass is 490 g/mol. The Kier molecular flexibility index (Phi) is 7.74. The van der Waals surface area contributed by atoms with Crippen LogP contribution >= 0.6 is 0 Å². The van der Waals surface area contributed by atoms with Gasteiger partial charge in [-0.1, -0.05) is 23.4 Å². The second-order valence-electron chi connectivity index (χ2n) is 9.30. The predicted molar refractivity (Wildman–Crippen MR) is 138 cm³/mol. The van der Waals surface area contributed by atoms with Crippen molar-refractivity contribution in [2.45, 2.75) is 53.2 Å². The first-order valence-electron chi connectivity index (χ1n) is 12.2. The Balaban J connectivity index is 1.72. The molecule has 0 fully saturated rings. The molecule has 3 aromatic rings. The molecule has 8 heteroatoms. The van der Waals surface area contributed by atoms with Gasteiger partial charge in [0.2, 0.25) is 5.82 Å². The average Bonchev–Trinajstić information content (AvgIpc) is 3.34. The molecule has 1 aromatic heterocycles. The van der Waals surface area contributed by atoms with E-state index in [1.165, 1.54) is 5.56 Å². The van der Waals surface area contributed by atoms with Gasteiger partial charge in [-0.05, 0) is 82.0 Å². The minimum Gasteiger partial charge on any atom is -0.497 e. The van der Waals surface area contributed by atoms with Gasteiger partial charge in [-0.2, -0.15) is 4.98 Å². The molecule has 2 heterocycles. The number of hydrogen-bond acceptors (Lipinski definition) is 6. The molecule has 2 amide bonds. The fourth-order valence-electron chi connectivity index (χ4n) is 4.25. The summed E-state index contributed by atoms with van der Waals surface area (Å²) in [5, 5.41) is 7.40. The van der Waals surface area contributed by atoms with Crippen molar-refractivity contribution in [2.24, 2.45) is 0 Å². The summed E-state index contributed by atoms with van der Waals surface area (Å²) in [4.78, 5) is 19.6. The summed E-state index contributed by atoms with van der Waals surface area (Å²) in [5.41, 5.74) is 5.69. The highest BCUT2D eigenvalue weighted by molar-refractivity contribution is 5.87. The SMILES string of the molecule is COc1ccc(-c2noc(C3=C(C)N(CCCOC(C)C)C(=O)NC3c3ccc(C)c(C)c3)n2)cc1. The first-order valence-corrected chi connectivity index (χ1v) is 12.2. The number of urea groups is 1. The summed E-state index contributed by atoms with van der Waals surface area (Å²) in [7, 11) is 1.63. The van der Waals surface area contributed by atoms with Crippen LogP contribution in [-0.2, 0) is 4.74 Å². The predicted octanol–water partition coefficient (Wildman–Crippen LogP) is 5.67. The highest BCUT2D eigenvalue weighted by atomic mass is 16.5. The Morgan fingerprint density at radius 2 is 1.83 bits per heavy atom. The molecule has 1 N–H and O–H groups in total. The minimum absolute atomic E-state index is 0.149. The van der Waals surface area contributed by atoms with Crippen LogP contribution in [0.4, 0.5) is 4.79 Å². The Morgan fingerprint density at radius 1 is 1.08 bits per heavy atom. The molecule has 0 saturated heterocycles. The maximum Gasteiger partial charge on any atom is 0.322 e. The van der Waals surface area contributed by atoms with E-state index >= 15 is 0 Å². The molecule has 0 radical (unpaired) electrons. The van der Waals surface area contributed by atoms with E-state index < -0.39 is 6.04 Å². The van der Waals surface area contributed by atoms with Crippen molar-refractivity contribution in [3.63, 3.8) is 0 Å². The van der Waals surface area contributed by atoms with Gasteiger partial charge >= 0.3 is 6.03 Å². The second kappa shape index (κ2) is 11.0. The Morgan fingerprint density at radius 3 is 2.50 bits per heavy atom. The summed E-state index contributed by atoms with van der Waals surface area (Å²) in [6.45, 7) is 11.2. The number of benzene rings is 2. The lowest BCUT2D eigenvalue weighted by Crippen LogP contribution is -2.46. The van der Waals surface area contributed by atoms with Crippen molar-refractivity contribution in [1.29, 1.82) is 0 Å². The molecule has 2 aromatic carbocycles. The number of aryl methyl sites for hydroxylation is 2. The zero-order valence-electron chi connectivity index (χ0n) is 21.8. The molecule has 4 rings (SSSR count). The largest absolute Gasteiger partial charge is 0.497 e. The fraction of sp³-hybridized carbons (Fsp3) is 0.393. The van der Waals surface area contributed by atoms with Gasteiger partial charge in [-0.15, -0.1) is 0 Å². The standard InChI is InChI=1S/C28H34N4O4/c1-17(2)35-15-7-14-32-20(5)24(25(29-28(32)33)22-9-8-18(3)19(4)16-22)27-30-26(31-36-27)21-10-12-23(34-6)13-11-21/h8-13,16-17,25H,7,14-15H2,1-6H3,(H,29,33). The molecular weight excluding hydrogens is 456 g/mol. The van der Waals surface area contributed by atoms with Gasteiger partial charge in [-0.25, -0.2) is 4.79 Å². The highest BCUT2D eigenvalue weighted by Gasteiger charge is 2.35. The van der Waals surface area contributed by atoms with E-state index in [9.17, 15) is 4.79 Å². The van der Waals surface area contributed by atoms with Gasteiger partial charge in [0.25, 0.3) is 5.89 Å². The number of hydrogen-bond donors (Lipinski definition) is 1. The Hall–Kier alpha value is -3.65. The molecular formula is C28H34N4O4. The van der Waals surface area contributed by atoms with Crippen LogP contribution < -0.4 is 10.1 Å². The average molecular weight is 491 g/mol. The van der Waals surface area contributed by atoms with Crippen molar-refractivity contribution >= 4 is 11.6 Å². The van der Waals surface area contributed by atoms with Crippen molar-refractivity contribution in [3.8, 4) is 17.1 Å². The van der Waals surface area contributed by atoms with E-state index in [0.717, 1.165) is 33.7 Å². The molecule has 0 bridgehead atoms. The smallest absolute Gasteiger partial charge is 0.322 e. The molecule has 0 spiro atoms. The third kappa shape index (κ3) is 5.44. The van der Waals surface area contributed by atoms with Crippen molar-refractivity contribution in [2.75, 3.05) is 20.3 Å². The summed E-state index contributed by atoms with van der Waals surface area (Å²) in [6.07, 6.45) is 0.863. The third-order valence-electron chi connectivity index (χ3n) is 6.44. The summed E-state index contributed by atoms with van der Waals surface area (Å²) in [5.74, 6) is 1.61. The van der Waals surface area contributed by atoms with Crippen LogP contribution in [0.15, 0.2) is 52.7 Å². The lowest BCUT2D eigenvalue weighted by molar-refractivity contribution is 0.0736. The van der Waals surface area contributed by atoms with Gasteiger partial charge < -0.3 is 19.3 Å². The maximum atomic E-state index is 13.2. The number of methoxy groups -OCH3 is 1. The first-order chi connectivity index (χ1) is 17.3.